The van der Waals surface area contributed by atoms with Crippen LogP contribution in [0.5, 0.6) is 5.75 Å². The first kappa shape index (κ1) is 21.0. The average molecular weight is 430 g/mol. The van der Waals surface area contributed by atoms with Gasteiger partial charge < -0.3 is 14.8 Å². The standard InChI is InChI=1S/C23H21Cl2NO3/c1-2-28-23(27)18-7-9-19(10-8-18)26-14-16-4-3-5-20(12-16)29-15-17-6-11-21(24)22(25)13-17/h3-13,26H,2,14-15H2,1H3. The molecule has 4 nitrogen and oxygen atoms in total. The summed E-state index contributed by atoms with van der Waals surface area (Å²) in [7, 11) is 0. The molecule has 0 spiro atoms. The topological polar surface area (TPSA) is 47.6 Å². The lowest BCUT2D eigenvalue weighted by molar-refractivity contribution is 0.0526. The summed E-state index contributed by atoms with van der Waals surface area (Å²) in [5, 5.41) is 4.37. The van der Waals surface area contributed by atoms with E-state index in [1.165, 1.54) is 0 Å². The maximum atomic E-state index is 11.7. The number of anilines is 1. The fourth-order valence-corrected chi connectivity index (χ4v) is 3.00. The molecule has 29 heavy (non-hydrogen) atoms. The Morgan fingerprint density at radius 2 is 1.72 bits per heavy atom. The molecular weight excluding hydrogens is 409 g/mol. The van der Waals surface area contributed by atoms with Gasteiger partial charge in [-0.1, -0.05) is 41.4 Å². The first-order valence-electron chi connectivity index (χ1n) is 9.22. The molecular formula is C23H21Cl2NO3. The van der Waals surface area contributed by atoms with E-state index < -0.39 is 0 Å². The summed E-state index contributed by atoms with van der Waals surface area (Å²) in [4.78, 5) is 11.7. The number of carbonyl (C=O) groups excluding carboxylic acids is 1. The average Bonchev–Trinajstić information content (AvgIpc) is 2.74. The van der Waals surface area contributed by atoms with E-state index in [0.29, 0.717) is 35.4 Å². The second kappa shape index (κ2) is 10.2. The maximum absolute atomic E-state index is 11.7. The third-order valence-corrected chi connectivity index (χ3v) is 4.92. The van der Waals surface area contributed by atoms with Gasteiger partial charge in [-0.3, -0.25) is 0 Å². The van der Waals surface area contributed by atoms with Crippen LogP contribution in [-0.4, -0.2) is 12.6 Å². The summed E-state index contributed by atoms with van der Waals surface area (Å²) in [6, 6.07) is 20.5. The summed E-state index contributed by atoms with van der Waals surface area (Å²) in [6.45, 7) is 3.18. The lowest BCUT2D eigenvalue weighted by atomic mass is 10.2. The molecule has 0 heterocycles. The van der Waals surface area contributed by atoms with Crippen molar-refractivity contribution in [2.24, 2.45) is 0 Å². The van der Waals surface area contributed by atoms with Crippen molar-refractivity contribution in [3.05, 3.63) is 93.5 Å². The van der Waals surface area contributed by atoms with Gasteiger partial charge in [0.1, 0.15) is 12.4 Å². The lowest BCUT2D eigenvalue weighted by Gasteiger charge is -2.11. The highest BCUT2D eigenvalue weighted by Gasteiger charge is 2.06. The summed E-state index contributed by atoms with van der Waals surface area (Å²) < 4.78 is 10.9. The number of nitrogens with one attached hydrogen (secondary N) is 1. The Bertz CT molecular complexity index is 974. The Kier molecular flexibility index (Phi) is 7.39. The summed E-state index contributed by atoms with van der Waals surface area (Å²) >= 11 is 12.0. The fourth-order valence-electron chi connectivity index (χ4n) is 2.68. The highest BCUT2D eigenvalue weighted by molar-refractivity contribution is 6.42. The van der Waals surface area contributed by atoms with E-state index in [1.807, 2.05) is 42.5 Å². The van der Waals surface area contributed by atoms with E-state index in [1.54, 1.807) is 31.2 Å². The van der Waals surface area contributed by atoms with Crippen molar-refractivity contribution in [1.29, 1.82) is 0 Å². The number of benzene rings is 3. The monoisotopic (exact) mass is 429 g/mol. The zero-order valence-electron chi connectivity index (χ0n) is 16.0. The van der Waals surface area contributed by atoms with Gasteiger partial charge >= 0.3 is 5.97 Å². The molecule has 0 saturated carbocycles. The SMILES string of the molecule is CCOC(=O)c1ccc(NCc2cccc(OCc3ccc(Cl)c(Cl)c3)c2)cc1. The molecule has 0 atom stereocenters. The maximum Gasteiger partial charge on any atom is 0.338 e. The van der Waals surface area contributed by atoms with Crippen LogP contribution in [0.3, 0.4) is 0 Å². The van der Waals surface area contributed by atoms with Gasteiger partial charge in [-0.2, -0.15) is 0 Å². The lowest BCUT2D eigenvalue weighted by Crippen LogP contribution is -2.05. The first-order valence-corrected chi connectivity index (χ1v) is 9.97. The van der Waals surface area contributed by atoms with Crippen LogP contribution in [0.2, 0.25) is 10.0 Å². The van der Waals surface area contributed by atoms with Crippen LogP contribution in [0.4, 0.5) is 5.69 Å². The minimum absolute atomic E-state index is 0.314. The van der Waals surface area contributed by atoms with Gasteiger partial charge in [0.25, 0.3) is 0 Å². The van der Waals surface area contributed by atoms with Crippen LogP contribution >= 0.6 is 23.2 Å². The van der Waals surface area contributed by atoms with Crippen molar-refractivity contribution in [3.63, 3.8) is 0 Å². The van der Waals surface area contributed by atoms with Gasteiger partial charge in [0, 0.05) is 12.2 Å². The molecule has 0 bridgehead atoms. The molecule has 0 aliphatic heterocycles. The predicted octanol–water partition coefficient (Wildman–Crippen LogP) is 6.36. The fraction of sp³-hybridized carbons (Fsp3) is 0.174. The molecule has 0 aliphatic rings. The highest BCUT2D eigenvalue weighted by atomic mass is 35.5. The van der Waals surface area contributed by atoms with Gasteiger partial charge in [0.2, 0.25) is 0 Å². The minimum Gasteiger partial charge on any atom is -0.489 e. The third kappa shape index (κ3) is 6.14. The van der Waals surface area contributed by atoms with Crippen molar-refractivity contribution in [2.45, 2.75) is 20.1 Å². The van der Waals surface area contributed by atoms with Crippen molar-refractivity contribution in [3.8, 4) is 5.75 Å². The van der Waals surface area contributed by atoms with Crippen molar-refractivity contribution in [2.75, 3.05) is 11.9 Å². The van der Waals surface area contributed by atoms with Crippen LogP contribution in [0, 0.1) is 0 Å². The number of hydrogen-bond donors (Lipinski definition) is 1. The Hall–Kier alpha value is -2.69. The van der Waals surface area contributed by atoms with Gasteiger partial charge in [0.15, 0.2) is 0 Å². The van der Waals surface area contributed by atoms with Gasteiger partial charge in [-0.05, 0) is 66.6 Å². The quantitative estimate of drug-likeness (QED) is 0.423. The van der Waals surface area contributed by atoms with Crippen molar-refractivity contribution in [1.82, 2.24) is 0 Å². The normalized spacial score (nSPS) is 10.4. The molecule has 0 aliphatic carbocycles. The molecule has 0 fully saturated rings. The number of rotatable bonds is 8. The van der Waals surface area contributed by atoms with E-state index in [2.05, 4.69) is 5.32 Å². The number of carbonyl (C=O) groups is 1. The molecule has 3 rings (SSSR count). The molecule has 6 heteroatoms. The third-order valence-electron chi connectivity index (χ3n) is 4.18. The minimum atomic E-state index is -0.314. The highest BCUT2D eigenvalue weighted by Crippen LogP contribution is 2.24. The Morgan fingerprint density at radius 3 is 2.45 bits per heavy atom. The molecule has 0 saturated heterocycles. The largest absolute Gasteiger partial charge is 0.489 e. The number of ether oxygens (including phenoxy) is 2. The predicted molar refractivity (Wildman–Crippen MR) is 117 cm³/mol. The van der Waals surface area contributed by atoms with Crippen LogP contribution in [0.15, 0.2) is 66.7 Å². The van der Waals surface area contributed by atoms with E-state index in [4.69, 9.17) is 32.7 Å². The summed E-state index contributed by atoms with van der Waals surface area (Å²) in [5.41, 5.74) is 3.48. The van der Waals surface area contributed by atoms with E-state index in [9.17, 15) is 4.79 Å². The van der Waals surface area contributed by atoms with Crippen LogP contribution in [-0.2, 0) is 17.9 Å². The number of esters is 1. The second-order valence-corrected chi connectivity index (χ2v) is 7.15. The van der Waals surface area contributed by atoms with Crippen molar-refractivity contribution >= 4 is 34.9 Å². The summed E-state index contributed by atoms with van der Waals surface area (Å²) in [5.74, 6) is 0.457. The molecule has 3 aromatic carbocycles. The van der Waals surface area contributed by atoms with E-state index in [0.717, 1.165) is 22.6 Å². The zero-order valence-corrected chi connectivity index (χ0v) is 17.5. The molecule has 150 valence electrons. The smallest absolute Gasteiger partial charge is 0.338 e. The first-order chi connectivity index (χ1) is 14.0. The molecule has 0 radical (unpaired) electrons. The van der Waals surface area contributed by atoms with Gasteiger partial charge in [-0.15, -0.1) is 0 Å². The molecule has 0 amide bonds. The Morgan fingerprint density at radius 1 is 0.931 bits per heavy atom. The molecule has 0 unspecified atom stereocenters. The summed E-state index contributed by atoms with van der Waals surface area (Å²) in [6.07, 6.45) is 0. The van der Waals surface area contributed by atoms with Crippen LogP contribution in [0.25, 0.3) is 0 Å². The van der Waals surface area contributed by atoms with Crippen molar-refractivity contribution < 1.29 is 14.3 Å². The Labute approximate surface area is 180 Å². The van der Waals surface area contributed by atoms with Gasteiger partial charge in [-0.25, -0.2) is 4.79 Å². The van der Waals surface area contributed by atoms with E-state index >= 15 is 0 Å². The number of halogens is 2. The van der Waals surface area contributed by atoms with Gasteiger partial charge in [0.05, 0.1) is 22.2 Å². The second-order valence-electron chi connectivity index (χ2n) is 6.34. The molecule has 1 N–H and O–H groups in total. The van der Waals surface area contributed by atoms with E-state index in [-0.39, 0.29) is 5.97 Å². The number of hydrogen-bond acceptors (Lipinski definition) is 4. The Balaban J connectivity index is 1.55. The molecule has 3 aromatic rings. The molecule has 0 aromatic heterocycles. The van der Waals surface area contributed by atoms with Crippen LogP contribution < -0.4 is 10.1 Å². The van der Waals surface area contributed by atoms with Crippen LogP contribution in [0.1, 0.15) is 28.4 Å². The zero-order chi connectivity index (χ0) is 20.6.